The molecule has 0 bridgehead atoms. The Balaban J connectivity index is 1.57. The third-order valence-electron chi connectivity index (χ3n) is 4.22. The van der Waals surface area contributed by atoms with Gasteiger partial charge < -0.3 is 9.84 Å². The molecule has 146 valence electrons. The highest BCUT2D eigenvalue weighted by Crippen LogP contribution is 2.29. The minimum absolute atomic E-state index is 0.295. The first-order valence-corrected chi connectivity index (χ1v) is 10.6. The maximum Gasteiger partial charge on any atom is 0.255 e. The Morgan fingerprint density at radius 3 is 2.31 bits per heavy atom. The summed E-state index contributed by atoms with van der Waals surface area (Å²) < 4.78 is 30.4. The SMILES string of the molecule is CS(=O)(=O)Nc1ccc(NC(=O)c2ccc3noc(-c4ccccc4)c3c2)cc1. The van der Waals surface area contributed by atoms with Crippen LogP contribution in [0.2, 0.25) is 0 Å². The van der Waals surface area contributed by atoms with Gasteiger partial charge in [0.25, 0.3) is 5.91 Å². The first-order chi connectivity index (χ1) is 13.9. The molecule has 7 nitrogen and oxygen atoms in total. The lowest BCUT2D eigenvalue weighted by Gasteiger charge is -2.08. The molecule has 0 atom stereocenters. The number of hydrogen-bond acceptors (Lipinski definition) is 5. The van der Waals surface area contributed by atoms with Crippen molar-refractivity contribution in [1.29, 1.82) is 0 Å². The van der Waals surface area contributed by atoms with E-state index in [1.54, 1.807) is 42.5 Å². The van der Waals surface area contributed by atoms with Gasteiger partial charge in [0.15, 0.2) is 5.76 Å². The van der Waals surface area contributed by atoms with Gasteiger partial charge in [0, 0.05) is 22.5 Å². The molecule has 0 aliphatic carbocycles. The predicted molar refractivity (Wildman–Crippen MR) is 112 cm³/mol. The Morgan fingerprint density at radius 2 is 1.62 bits per heavy atom. The quantitative estimate of drug-likeness (QED) is 0.518. The smallest absolute Gasteiger partial charge is 0.255 e. The molecule has 0 radical (unpaired) electrons. The number of benzene rings is 3. The monoisotopic (exact) mass is 407 g/mol. The third kappa shape index (κ3) is 4.27. The molecule has 1 amide bonds. The van der Waals surface area contributed by atoms with Crippen LogP contribution >= 0.6 is 0 Å². The second-order valence-corrected chi connectivity index (χ2v) is 8.26. The van der Waals surface area contributed by atoms with Crippen molar-refractivity contribution in [2.75, 3.05) is 16.3 Å². The van der Waals surface area contributed by atoms with Crippen LogP contribution in [0.3, 0.4) is 0 Å². The fraction of sp³-hybridized carbons (Fsp3) is 0.0476. The number of aromatic nitrogens is 1. The average Bonchev–Trinajstić information content (AvgIpc) is 3.12. The summed E-state index contributed by atoms with van der Waals surface area (Å²) in [5, 5.41) is 7.60. The lowest BCUT2D eigenvalue weighted by Crippen LogP contribution is -2.12. The lowest BCUT2D eigenvalue weighted by atomic mass is 10.1. The molecule has 1 heterocycles. The number of nitrogens with one attached hydrogen (secondary N) is 2. The molecule has 0 fully saturated rings. The number of amides is 1. The zero-order valence-corrected chi connectivity index (χ0v) is 16.2. The molecule has 0 saturated heterocycles. The van der Waals surface area contributed by atoms with E-state index in [0.717, 1.165) is 17.2 Å². The molecule has 0 unspecified atom stereocenters. The van der Waals surface area contributed by atoms with E-state index < -0.39 is 10.0 Å². The van der Waals surface area contributed by atoms with Gasteiger partial charge in [-0.25, -0.2) is 8.42 Å². The number of rotatable bonds is 5. The van der Waals surface area contributed by atoms with E-state index in [1.807, 2.05) is 30.3 Å². The summed E-state index contributed by atoms with van der Waals surface area (Å²) in [7, 11) is -3.35. The highest BCUT2D eigenvalue weighted by atomic mass is 32.2. The molecule has 3 aromatic carbocycles. The van der Waals surface area contributed by atoms with Crippen LogP contribution in [0.4, 0.5) is 11.4 Å². The maximum atomic E-state index is 12.7. The molecule has 1 aromatic heterocycles. The van der Waals surface area contributed by atoms with Crippen LogP contribution in [0.15, 0.2) is 77.3 Å². The molecule has 0 spiro atoms. The Bertz CT molecular complexity index is 1280. The van der Waals surface area contributed by atoms with Crippen molar-refractivity contribution in [3.8, 4) is 11.3 Å². The lowest BCUT2D eigenvalue weighted by molar-refractivity contribution is 0.102. The first kappa shape index (κ1) is 18.7. The number of anilines is 2. The molecule has 29 heavy (non-hydrogen) atoms. The molecular formula is C21H17N3O4S. The summed E-state index contributed by atoms with van der Waals surface area (Å²) in [6.07, 6.45) is 1.08. The molecule has 0 aliphatic rings. The maximum absolute atomic E-state index is 12.7. The Kier molecular flexibility index (Phi) is 4.77. The molecule has 0 aliphatic heterocycles. The molecule has 4 rings (SSSR count). The number of hydrogen-bond donors (Lipinski definition) is 2. The van der Waals surface area contributed by atoms with Crippen LogP contribution in [0.25, 0.3) is 22.2 Å². The van der Waals surface area contributed by atoms with E-state index in [2.05, 4.69) is 15.2 Å². The van der Waals surface area contributed by atoms with Crippen LogP contribution in [0.1, 0.15) is 10.4 Å². The summed E-state index contributed by atoms with van der Waals surface area (Å²) in [4.78, 5) is 12.7. The van der Waals surface area contributed by atoms with Gasteiger partial charge in [-0.2, -0.15) is 0 Å². The summed E-state index contributed by atoms with van der Waals surface area (Å²) in [6.45, 7) is 0. The zero-order chi connectivity index (χ0) is 20.4. The van der Waals surface area contributed by atoms with Crippen LogP contribution < -0.4 is 10.0 Å². The van der Waals surface area contributed by atoms with Gasteiger partial charge in [0.05, 0.1) is 11.6 Å². The number of carbonyl (C=O) groups excluding carboxylic acids is 1. The first-order valence-electron chi connectivity index (χ1n) is 8.73. The van der Waals surface area contributed by atoms with Gasteiger partial charge in [-0.3, -0.25) is 9.52 Å². The van der Waals surface area contributed by atoms with Gasteiger partial charge in [0.2, 0.25) is 10.0 Å². The molecule has 8 heteroatoms. The Hall–Kier alpha value is -3.65. The van der Waals surface area contributed by atoms with E-state index in [4.69, 9.17) is 4.52 Å². The predicted octanol–water partition coefficient (Wildman–Crippen LogP) is 4.12. The van der Waals surface area contributed by atoms with Crippen molar-refractivity contribution in [3.63, 3.8) is 0 Å². The van der Waals surface area contributed by atoms with Gasteiger partial charge in [0.1, 0.15) is 5.52 Å². The topological polar surface area (TPSA) is 101 Å². The summed E-state index contributed by atoms with van der Waals surface area (Å²) in [6, 6.07) is 21.1. The van der Waals surface area contributed by atoms with Crippen molar-refractivity contribution in [3.05, 3.63) is 78.4 Å². The van der Waals surface area contributed by atoms with Gasteiger partial charge in [-0.1, -0.05) is 35.5 Å². The van der Waals surface area contributed by atoms with E-state index in [-0.39, 0.29) is 5.91 Å². The number of nitrogens with zero attached hydrogens (tertiary/aromatic N) is 1. The van der Waals surface area contributed by atoms with Crippen LogP contribution in [-0.4, -0.2) is 25.7 Å². The molecule has 4 aromatic rings. The van der Waals surface area contributed by atoms with Crippen LogP contribution in [-0.2, 0) is 10.0 Å². The van der Waals surface area contributed by atoms with Crippen molar-refractivity contribution in [1.82, 2.24) is 5.16 Å². The van der Waals surface area contributed by atoms with Gasteiger partial charge in [-0.05, 0) is 42.5 Å². The standard InChI is InChI=1S/C21H17N3O4S/c1-29(26,27)24-17-10-8-16(9-11-17)22-21(25)15-7-12-19-18(13-15)20(28-23-19)14-5-3-2-4-6-14/h2-13,24H,1H3,(H,22,25). The second-order valence-electron chi connectivity index (χ2n) is 6.52. The Morgan fingerprint density at radius 1 is 0.931 bits per heavy atom. The molecule has 0 saturated carbocycles. The van der Waals surface area contributed by atoms with Crippen molar-refractivity contribution >= 4 is 38.2 Å². The van der Waals surface area contributed by atoms with Gasteiger partial charge in [-0.15, -0.1) is 0 Å². The largest absolute Gasteiger partial charge is 0.355 e. The summed E-state index contributed by atoms with van der Waals surface area (Å²) >= 11 is 0. The summed E-state index contributed by atoms with van der Waals surface area (Å²) in [5.74, 6) is 0.308. The van der Waals surface area contributed by atoms with E-state index in [0.29, 0.717) is 28.2 Å². The van der Waals surface area contributed by atoms with E-state index in [1.165, 1.54) is 0 Å². The number of fused-ring (bicyclic) bond motifs is 1. The van der Waals surface area contributed by atoms with Crippen molar-refractivity contribution in [2.45, 2.75) is 0 Å². The highest BCUT2D eigenvalue weighted by Gasteiger charge is 2.14. The Labute approximate surface area is 167 Å². The van der Waals surface area contributed by atoms with Crippen molar-refractivity contribution < 1.29 is 17.7 Å². The second kappa shape index (κ2) is 7.40. The highest BCUT2D eigenvalue weighted by molar-refractivity contribution is 7.92. The molecule has 2 N–H and O–H groups in total. The average molecular weight is 407 g/mol. The van der Waals surface area contributed by atoms with Crippen molar-refractivity contribution in [2.24, 2.45) is 0 Å². The minimum Gasteiger partial charge on any atom is -0.355 e. The third-order valence-corrected chi connectivity index (χ3v) is 4.83. The van der Waals surface area contributed by atoms with Gasteiger partial charge >= 0.3 is 0 Å². The van der Waals surface area contributed by atoms with Crippen LogP contribution in [0.5, 0.6) is 0 Å². The summed E-state index contributed by atoms with van der Waals surface area (Å²) in [5.41, 5.74) is 2.96. The zero-order valence-electron chi connectivity index (χ0n) is 15.4. The van der Waals surface area contributed by atoms with E-state index in [9.17, 15) is 13.2 Å². The normalized spacial score (nSPS) is 11.3. The minimum atomic E-state index is -3.35. The van der Waals surface area contributed by atoms with Crippen LogP contribution in [0, 0.1) is 0 Å². The fourth-order valence-electron chi connectivity index (χ4n) is 2.92. The number of sulfonamides is 1. The fourth-order valence-corrected chi connectivity index (χ4v) is 3.48. The molecular weight excluding hydrogens is 390 g/mol. The van der Waals surface area contributed by atoms with E-state index >= 15 is 0 Å². The number of carbonyl (C=O) groups is 1.